The minimum absolute atomic E-state index is 0.0265. The van der Waals surface area contributed by atoms with Gasteiger partial charge in [0.2, 0.25) is 0 Å². The van der Waals surface area contributed by atoms with Crippen LogP contribution in [0, 0.1) is 0 Å². The molecule has 2 nitrogen and oxygen atoms in total. The molecule has 0 amide bonds. The number of Topliss-reactive ketones (excluding diaryl/α,β-unsaturated/α-hetero) is 2. The van der Waals surface area contributed by atoms with Gasteiger partial charge >= 0.3 is 0 Å². The molecule has 1 rings (SSSR count). The van der Waals surface area contributed by atoms with Crippen LogP contribution >= 0.6 is 0 Å². The van der Waals surface area contributed by atoms with Gasteiger partial charge in [-0.25, -0.2) is 0 Å². The lowest BCUT2D eigenvalue weighted by Gasteiger charge is -2.03. The lowest BCUT2D eigenvalue weighted by molar-refractivity contribution is -0.116. The molecule has 1 aliphatic carbocycles. The third-order valence-corrected chi connectivity index (χ3v) is 1.96. The average Bonchev–Trinajstić information content (AvgIpc) is 2.27. The van der Waals surface area contributed by atoms with Gasteiger partial charge in [-0.2, -0.15) is 0 Å². The van der Waals surface area contributed by atoms with Crippen molar-refractivity contribution >= 4 is 11.6 Å². The molecule has 0 bridgehead atoms. The summed E-state index contributed by atoms with van der Waals surface area (Å²) in [7, 11) is 0. The molecule has 0 aromatic heterocycles. The first-order chi connectivity index (χ1) is 6.13. The predicted molar refractivity (Wildman–Crippen MR) is 51.3 cm³/mol. The van der Waals surface area contributed by atoms with Crippen LogP contribution in [0.25, 0.3) is 0 Å². The molecule has 0 N–H and O–H groups in total. The van der Waals surface area contributed by atoms with E-state index in [0.29, 0.717) is 17.6 Å². The second kappa shape index (κ2) is 3.99. The molecule has 68 valence electrons. The summed E-state index contributed by atoms with van der Waals surface area (Å²) in [5.41, 5.74) is 1.15. The number of carbonyl (C=O) groups is 2. The van der Waals surface area contributed by atoms with E-state index in [0.717, 1.165) is 0 Å². The highest BCUT2D eigenvalue weighted by Gasteiger charge is 2.12. The Morgan fingerprint density at radius 1 is 1.15 bits per heavy atom. The second-order valence-corrected chi connectivity index (χ2v) is 3.00. The minimum atomic E-state index is -0.0508. The van der Waals surface area contributed by atoms with Gasteiger partial charge in [0.25, 0.3) is 0 Å². The lowest BCUT2D eigenvalue weighted by atomic mass is 10.00. The largest absolute Gasteiger partial charge is 0.295 e. The van der Waals surface area contributed by atoms with Gasteiger partial charge in [-0.3, -0.25) is 9.59 Å². The maximum Gasteiger partial charge on any atom is 0.160 e. The van der Waals surface area contributed by atoms with Crippen LogP contribution in [0.1, 0.15) is 20.3 Å². The van der Waals surface area contributed by atoms with Gasteiger partial charge in [0.1, 0.15) is 0 Å². The molecule has 0 saturated carbocycles. The highest BCUT2D eigenvalue weighted by molar-refractivity contribution is 6.06. The number of carbonyl (C=O) groups excluding carboxylic acids is 2. The molecule has 0 spiro atoms. The molecule has 0 unspecified atom stereocenters. The van der Waals surface area contributed by atoms with Gasteiger partial charge < -0.3 is 0 Å². The Bertz CT molecular complexity index is 330. The van der Waals surface area contributed by atoms with E-state index >= 15 is 0 Å². The van der Waals surface area contributed by atoms with Crippen molar-refractivity contribution in [3.8, 4) is 0 Å². The smallest absolute Gasteiger partial charge is 0.160 e. The van der Waals surface area contributed by atoms with E-state index in [1.807, 2.05) is 12.2 Å². The summed E-state index contributed by atoms with van der Waals surface area (Å²) in [6, 6.07) is 0. The highest BCUT2D eigenvalue weighted by atomic mass is 16.1. The molecule has 0 atom stereocenters. The number of ketones is 2. The fraction of sp³-hybridized carbons (Fsp3) is 0.273. The SMILES string of the molecule is CC(=O)C1=C(C(C)=O)CC=CC=C1. The third-order valence-electron chi connectivity index (χ3n) is 1.96. The Balaban J connectivity index is 3.17. The molecule has 0 aromatic carbocycles. The standard InChI is InChI=1S/C11H12O2/c1-8(12)10-6-4-3-5-7-11(10)9(2)13/h3-6H,7H2,1-2H3. The van der Waals surface area contributed by atoms with Gasteiger partial charge in [0, 0.05) is 11.1 Å². The molecule has 0 heterocycles. The topological polar surface area (TPSA) is 34.1 Å². The molecular weight excluding hydrogens is 164 g/mol. The summed E-state index contributed by atoms with van der Waals surface area (Å²) in [4.78, 5) is 22.4. The van der Waals surface area contributed by atoms with Gasteiger partial charge in [0.05, 0.1) is 0 Å². The predicted octanol–water partition coefficient (Wildman–Crippen LogP) is 1.98. The molecule has 0 saturated heterocycles. The summed E-state index contributed by atoms with van der Waals surface area (Å²) in [6.45, 7) is 2.97. The zero-order chi connectivity index (χ0) is 9.84. The molecule has 13 heavy (non-hydrogen) atoms. The van der Waals surface area contributed by atoms with Crippen LogP contribution in [-0.4, -0.2) is 11.6 Å². The number of allylic oxidation sites excluding steroid dienone is 6. The molecule has 0 aromatic rings. The molecule has 1 aliphatic rings. The van der Waals surface area contributed by atoms with Crippen LogP contribution in [0.2, 0.25) is 0 Å². The van der Waals surface area contributed by atoms with Crippen molar-refractivity contribution in [3.63, 3.8) is 0 Å². The van der Waals surface area contributed by atoms with Gasteiger partial charge in [0.15, 0.2) is 11.6 Å². The Morgan fingerprint density at radius 2 is 1.85 bits per heavy atom. The van der Waals surface area contributed by atoms with Crippen LogP contribution < -0.4 is 0 Å². The Kier molecular flexibility index (Phi) is 2.96. The second-order valence-electron chi connectivity index (χ2n) is 3.00. The molecule has 0 aliphatic heterocycles. The van der Waals surface area contributed by atoms with Crippen molar-refractivity contribution in [2.24, 2.45) is 0 Å². The van der Waals surface area contributed by atoms with E-state index in [9.17, 15) is 9.59 Å². The zero-order valence-electron chi connectivity index (χ0n) is 7.83. The number of hydrogen-bond acceptors (Lipinski definition) is 2. The van der Waals surface area contributed by atoms with Crippen LogP contribution in [0.5, 0.6) is 0 Å². The van der Waals surface area contributed by atoms with E-state index < -0.39 is 0 Å². The summed E-state index contributed by atoms with van der Waals surface area (Å²) in [5, 5.41) is 0. The maximum atomic E-state index is 11.2. The van der Waals surface area contributed by atoms with Crippen molar-refractivity contribution in [1.29, 1.82) is 0 Å². The highest BCUT2D eigenvalue weighted by Crippen LogP contribution is 2.16. The first kappa shape index (κ1) is 9.65. The normalized spacial score (nSPS) is 15.8. The van der Waals surface area contributed by atoms with Crippen molar-refractivity contribution in [2.45, 2.75) is 20.3 Å². The van der Waals surface area contributed by atoms with Crippen molar-refractivity contribution in [3.05, 3.63) is 35.5 Å². The van der Waals surface area contributed by atoms with Crippen LogP contribution in [0.4, 0.5) is 0 Å². The Morgan fingerprint density at radius 3 is 2.38 bits per heavy atom. The number of hydrogen-bond donors (Lipinski definition) is 0. The summed E-state index contributed by atoms with van der Waals surface area (Å²) in [5.74, 6) is -0.0773. The maximum absolute atomic E-state index is 11.2. The molecular formula is C11H12O2. The van der Waals surface area contributed by atoms with E-state index in [4.69, 9.17) is 0 Å². The van der Waals surface area contributed by atoms with E-state index in [1.54, 1.807) is 12.2 Å². The van der Waals surface area contributed by atoms with Gasteiger partial charge in [-0.15, -0.1) is 0 Å². The van der Waals surface area contributed by atoms with Crippen LogP contribution in [-0.2, 0) is 9.59 Å². The quantitative estimate of drug-likeness (QED) is 0.644. The Hall–Kier alpha value is -1.44. The van der Waals surface area contributed by atoms with Crippen molar-refractivity contribution in [2.75, 3.05) is 0 Å². The van der Waals surface area contributed by atoms with Crippen LogP contribution in [0.15, 0.2) is 35.5 Å². The van der Waals surface area contributed by atoms with E-state index in [2.05, 4.69) is 0 Å². The van der Waals surface area contributed by atoms with Crippen molar-refractivity contribution in [1.82, 2.24) is 0 Å². The fourth-order valence-electron chi connectivity index (χ4n) is 1.29. The van der Waals surface area contributed by atoms with Crippen molar-refractivity contribution < 1.29 is 9.59 Å². The summed E-state index contributed by atoms with van der Waals surface area (Å²) >= 11 is 0. The monoisotopic (exact) mass is 176 g/mol. The molecule has 0 fully saturated rings. The fourth-order valence-corrected chi connectivity index (χ4v) is 1.29. The summed E-state index contributed by atoms with van der Waals surface area (Å²) < 4.78 is 0. The number of rotatable bonds is 2. The summed E-state index contributed by atoms with van der Waals surface area (Å²) in [6.07, 6.45) is 7.76. The van der Waals surface area contributed by atoms with Gasteiger partial charge in [-0.1, -0.05) is 24.3 Å². The Labute approximate surface area is 77.6 Å². The lowest BCUT2D eigenvalue weighted by Crippen LogP contribution is -2.05. The third kappa shape index (κ3) is 2.25. The first-order valence-electron chi connectivity index (χ1n) is 4.21. The van der Waals surface area contributed by atoms with E-state index in [-0.39, 0.29) is 11.6 Å². The average molecular weight is 176 g/mol. The zero-order valence-corrected chi connectivity index (χ0v) is 7.83. The van der Waals surface area contributed by atoms with Crippen LogP contribution in [0.3, 0.4) is 0 Å². The molecule has 0 radical (unpaired) electrons. The van der Waals surface area contributed by atoms with Gasteiger partial charge in [-0.05, 0) is 20.3 Å². The minimum Gasteiger partial charge on any atom is -0.295 e. The molecule has 2 heteroatoms. The first-order valence-corrected chi connectivity index (χ1v) is 4.21. The van der Waals surface area contributed by atoms with E-state index in [1.165, 1.54) is 13.8 Å².